The molecule has 0 aliphatic carbocycles. The third-order valence-corrected chi connectivity index (χ3v) is 5.20. The molecular formula is C22H20BrN5O. The lowest BCUT2D eigenvalue weighted by atomic mass is 10.1. The maximum absolute atomic E-state index is 13.3. The monoisotopic (exact) mass is 449 g/mol. The number of rotatable bonds is 6. The minimum atomic E-state index is -0.125. The summed E-state index contributed by atoms with van der Waals surface area (Å²) >= 11 is 3.45. The van der Waals surface area contributed by atoms with Gasteiger partial charge in [0, 0.05) is 23.5 Å². The molecule has 146 valence electrons. The van der Waals surface area contributed by atoms with Crippen molar-refractivity contribution in [3.8, 4) is 0 Å². The Bertz CT molecular complexity index is 1140. The molecular weight excluding hydrogens is 430 g/mol. The Balaban J connectivity index is 1.58. The molecule has 29 heavy (non-hydrogen) atoms. The zero-order chi connectivity index (χ0) is 20.2. The van der Waals surface area contributed by atoms with Crippen LogP contribution in [-0.2, 0) is 20.0 Å². The molecule has 0 aliphatic heterocycles. The van der Waals surface area contributed by atoms with Crippen LogP contribution in [0, 0.1) is 0 Å². The Hall–Kier alpha value is -3.06. The molecule has 6 nitrogen and oxygen atoms in total. The molecule has 0 atom stereocenters. The van der Waals surface area contributed by atoms with Crippen molar-refractivity contribution in [1.29, 1.82) is 0 Å². The number of aromatic nitrogens is 4. The Morgan fingerprint density at radius 1 is 1.07 bits per heavy atom. The fourth-order valence-corrected chi connectivity index (χ4v) is 3.41. The van der Waals surface area contributed by atoms with Crippen LogP contribution in [0.4, 0.5) is 0 Å². The van der Waals surface area contributed by atoms with E-state index in [0.29, 0.717) is 24.6 Å². The van der Waals surface area contributed by atoms with Gasteiger partial charge in [0.1, 0.15) is 12.0 Å². The summed E-state index contributed by atoms with van der Waals surface area (Å²) in [6.07, 6.45) is 2.38. The van der Waals surface area contributed by atoms with E-state index in [-0.39, 0.29) is 5.91 Å². The maximum atomic E-state index is 13.3. The molecule has 0 aliphatic rings. The fraction of sp³-hybridized carbons (Fsp3) is 0.182. The van der Waals surface area contributed by atoms with Gasteiger partial charge in [0.25, 0.3) is 5.91 Å². The fourth-order valence-electron chi connectivity index (χ4n) is 3.14. The number of nitrogens with zero attached hydrogens (tertiary/aromatic N) is 5. The molecule has 0 unspecified atom stereocenters. The van der Waals surface area contributed by atoms with Crippen LogP contribution in [0.2, 0.25) is 0 Å². The number of hydrogen-bond acceptors (Lipinski definition) is 4. The van der Waals surface area contributed by atoms with Crippen molar-refractivity contribution in [1.82, 2.24) is 24.6 Å². The highest BCUT2D eigenvalue weighted by Crippen LogP contribution is 2.15. The lowest BCUT2D eigenvalue weighted by molar-refractivity contribution is 0.0735. The van der Waals surface area contributed by atoms with Crippen LogP contribution in [0.25, 0.3) is 10.9 Å². The zero-order valence-electron chi connectivity index (χ0n) is 16.0. The first-order valence-electron chi connectivity index (χ1n) is 9.32. The van der Waals surface area contributed by atoms with Gasteiger partial charge in [-0.25, -0.2) is 9.97 Å². The summed E-state index contributed by atoms with van der Waals surface area (Å²) < 4.78 is 2.67. The molecule has 0 radical (unpaired) electrons. The van der Waals surface area contributed by atoms with Gasteiger partial charge >= 0.3 is 0 Å². The van der Waals surface area contributed by atoms with E-state index in [1.54, 1.807) is 22.0 Å². The van der Waals surface area contributed by atoms with Crippen molar-refractivity contribution in [3.05, 3.63) is 88.5 Å². The normalized spacial score (nSPS) is 11.0. The van der Waals surface area contributed by atoms with Gasteiger partial charge in [-0.3, -0.25) is 9.48 Å². The second-order valence-corrected chi connectivity index (χ2v) is 7.74. The smallest absolute Gasteiger partial charge is 0.272 e. The molecule has 1 amide bonds. The van der Waals surface area contributed by atoms with Crippen LogP contribution in [0.15, 0.2) is 71.5 Å². The number of amides is 1. The molecule has 2 aromatic carbocycles. The van der Waals surface area contributed by atoms with E-state index in [9.17, 15) is 4.79 Å². The summed E-state index contributed by atoms with van der Waals surface area (Å²) in [6.45, 7) is 0.887. The number of para-hydroxylation sites is 1. The Morgan fingerprint density at radius 3 is 2.62 bits per heavy atom. The summed E-state index contributed by atoms with van der Waals surface area (Å²) in [4.78, 5) is 23.9. The maximum Gasteiger partial charge on any atom is 0.272 e. The molecule has 0 saturated carbocycles. The van der Waals surface area contributed by atoms with Crippen LogP contribution in [-0.4, -0.2) is 37.1 Å². The summed E-state index contributed by atoms with van der Waals surface area (Å²) in [6, 6.07) is 19.6. The number of carbonyl (C=O) groups excluding carboxylic acids is 1. The number of aryl methyl sites for hydroxylation is 1. The third-order valence-electron chi connectivity index (χ3n) is 4.67. The topological polar surface area (TPSA) is 63.9 Å². The van der Waals surface area contributed by atoms with E-state index in [0.717, 1.165) is 27.4 Å². The predicted molar refractivity (Wildman–Crippen MR) is 115 cm³/mol. The van der Waals surface area contributed by atoms with Crippen molar-refractivity contribution >= 4 is 32.7 Å². The van der Waals surface area contributed by atoms with Gasteiger partial charge < -0.3 is 4.90 Å². The second kappa shape index (κ2) is 8.53. The molecule has 2 heterocycles. The minimum absolute atomic E-state index is 0.125. The molecule has 0 bridgehead atoms. The molecule has 0 N–H and O–H groups in total. The first-order chi connectivity index (χ1) is 14.1. The Kier molecular flexibility index (Phi) is 5.67. The van der Waals surface area contributed by atoms with Crippen LogP contribution in [0.3, 0.4) is 0 Å². The quantitative estimate of drug-likeness (QED) is 0.445. The summed E-state index contributed by atoms with van der Waals surface area (Å²) in [5.41, 5.74) is 2.39. The van der Waals surface area contributed by atoms with Crippen LogP contribution in [0.1, 0.15) is 21.9 Å². The molecule has 4 aromatic rings. The standard InChI is InChI=1S/C22H20BrN5O/c1-27-15-24-21(26-27)14-28(13-12-16-6-9-18(23)10-7-16)22(29)20-11-8-17-4-2-3-5-19(17)25-20/h2-11,15H,12-14H2,1H3. The summed E-state index contributed by atoms with van der Waals surface area (Å²) in [5, 5.41) is 5.34. The van der Waals surface area contributed by atoms with Crippen molar-refractivity contribution < 1.29 is 4.79 Å². The van der Waals surface area contributed by atoms with E-state index >= 15 is 0 Å². The Morgan fingerprint density at radius 2 is 1.86 bits per heavy atom. The average Bonchev–Trinajstić information content (AvgIpc) is 3.16. The van der Waals surface area contributed by atoms with Gasteiger partial charge in [-0.15, -0.1) is 0 Å². The summed E-state index contributed by atoms with van der Waals surface area (Å²) in [7, 11) is 1.81. The molecule has 2 aromatic heterocycles. The molecule has 0 spiro atoms. The van der Waals surface area contributed by atoms with Crippen molar-refractivity contribution in [3.63, 3.8) is 0 Å². The van der Waals surface area contributed by atoms with E-state index in [1.807, 2.05) is 49.5 Å². The number of pyridine rings is 1. The van der Waals surface area contributed by atoms with Gasteiger partial charge in [0.05, 0.1) is 12.1 Å². The third kappa shape index (κ3) is 4.68. The highest BCUT2D eigenvalue weighted by molar-refractivity contribution is 9.10. The number of carbonyl (C=O) groups is 1. The molecule has 4 rings (SSSR count). The van der Waals surface area contributed by atoms with Gasteiger partial charge in [-0.1, -0.05) is 52.3 Å². The van der Waals surface area contributed by atoms with E-state index in [4.69, 9.17) is 0 Å². The molecule has 0 fully saturated rings. The minimum Gasteiger partial charge on any atom is -0.329 e. The van der Waals surface area contributed by atoms with Crippen LogP contribution < -0.4 is 0 Å². The largest absolute Gasteiger partial charge is 0.329 e. The number of hydrogen-bond donors (Lipinski definition) is 0. The first-order valence-corrected chi connectivity index (χ1v) is 10.1. The number of halogens is 1. The van der Waals surface area contributed by atoms with Gasteiger partial charge in [-0.2, -0.15) is 5.10 Å². The SMILES string of the molecule is Cn1cnc(CN(CCc2ccc(Br)cc2)C(=O)c2ccc3ccccc3n2)n1. The van der Waals surface area contributed by atoms with E-state index in [2.05, 4.69) is 43.1 Å². The number of fused-ring (bicyclic) bond motifs is 1. The lowest BCUT2D eigenvalue weighted by Gasteiger charge is -2.21. The number of benzene rings is 2. The van der Waals surface area contributed by atoms with Crippen LogP contribution >= 0.6 is 15.9 Å². The van der Waals surface area contributed by atoms with Crippen LogP contribution in [0.5, 0.6) is 0 Å². The van der Waals surface area contributed by atoms with Gasteiger partial charge in [0.15, 0.2) is 5.82 Å². The second-order valence-electron chi connectivity index (χ2n) is 6.83. The van der Waals surface area contributed by atoms with Crippen molar-refractivity contribution in [2.45, 2.75) is 13.0 Å². The van der Waals surface area contributed by atoms with E-state index in [1.165, 1.54) is 0 Å². The van der Waals surface area contributed by atoms with Gasteiger partial charge in [0.2, 0.25) is 0 Å². The first kappa shape index (κ1) is 19.3. The highest BCUT2D eigenvalue weighted by Gasteiger charge is 2.19. The molecule has 7 heteroatoms. The lowest BCUT2D eigenvalue weighted by Crippen LogP contribution is -2.33. The molecule has 0 saturated heterocycles. The predicted octanol–water partition coefficient (Wildman–Crippen LogP) is 4.01. The zero-order valence-corrected chi connectivity index (χ0v) is 17.6. The van der Waals surface area contributed by atoms with Gasteiger partial charge in [-0.05, 0) is 36.2 Å². The summed E-state index contributed by atoms with van der Waals surface area (Å²) in [5.74, 6) is 0.484. The van der Waals surface area contributed by atoms with Crippen molar-refractivity contribution in [2.75, 3.05) is 6.54 Å². The Labute approximate surface area is 177 Å². The van der Waals surface area contributed by atoms with E-state index < -0.39 is 0 Å². The highest BCUT2D eigenvalue weighted by atomic mass is 79.9. The van der Waals surface area contributed by atoms with Crippen molar-refractivity contribution in [2.24, 2.45) is 7.05 Å². The average molecular weight is 450 g/mol.